The van der Waals surface area contributed by atoms with Gasteiger partial charge in [0, 0.05) is 11.1 Å². The number of hydrogen-bond donors (Lipinski definition) is 0. The van der Waals surface area contributed by atoms with E-state index >= 15 is 0 Å². The zero-order valence-corrected chi connectivity index (χ0v) is 7.69. The molecular formula is C11H8N2O. The molecule has 0 amide bonds. The van der Waals surface area contributed by atoms with Gasteiger partial charge in [-0.05, 0) is 19.1 Å². The van der Waals surface area contributed by atoms with Gasteiger partial charge in [0.2, 0.25) is 6.08 Å². The second-order valence-corrected chi connectivity index (χ2v) is 3.00. The molecule has 0 fully saturated rings. The Labute approximate surface area is 81.1 Å². The van der Waals surface area contributed by atoms with Gasteiger partial charge in [-0.15, -0.1) is 0 Å². The van der Waals surface area contributed by atoms with Crippen LogP contribution in [0.2, 0.25) is 0 Å². The predicted octanol–water partition coefficient (Wildman–Crippen LogP) is 2.51. The largest absolute Gasteiger partial charge is 0.253 e. The highest BCUT2D eigenvalue weighted by Gasteiger charge is 2.01. The first-order chi connectivity index (χ1) is 6.81. The number of aromatic nitrogens is 1. The van der Waals surface area contributed by atoms with E-state index < -0.39 is 0 Å². The van der Waals surface area contributed by atoms with E-state index in [0.29, 0.717) is 5.69 Å². The lowest BCUT2D eigenvalue weighted by atomic mass is 10.1. The minimum absolute atomic E-state index is 0.628. The number of carbonyl (C=O) groups excluding carboxylic acids is 1. The van der Waals surface area contributed by atoms with E-state index in [1.807, 2.05) is 31.2 Å². The Kier molecular flexibility index (Phi) is 2.09. The number of benzene rings is 1. The molecule has 0 aliphatic heterocycles. The number of hydrogen-bond acceptors (Lipinski definition) is 3. The molecule has 0 radical (unpaired) electrons. The molecule has 1 aromatic heterocycles. The van der Waals surface area contributed by atoms with Gasteiger partial charge in [-0.2, -0.15) is 4.99 Å². The Hall–Kier alpha value is -1.99. The second-order valence-electron chi connectivity index (χ2n) is 3.00. The molecule has 3 nitrogen and oxygen atoms in total. The first-order valence-electron chi connectivity index (χ1n) is 4.25. The maximum Gasteiger partial charge on any atom is 0.240 e. The molecule has 0 N–H and O–H groups in total. The van der Waals surface area contributed by atoms with E-state index in [4.69, 9.17) is 0 Å². The summed E-state index contributed by atoms with van der Waals surface area (Å²) in [7, 11) is 0. The molecule has 0 bridgehead atoms. The molecule has 2 aromatic rings. The van der Waals surface area contributed by atoms with Crippen LogP contribution >= 0.6 is 0 Å². The normalized spacial score (nSPS) is 9.79. The third kappa shape index (κ3) is 1.41. The van der Waals surface area contributed by atoms with Crippen molar-refractivity contribution in [2.75, 3.05) is 0 Å². The maximum absolute atomic E-state index is 10.2. The smallest absolute Gasteiger partial charge is 0.240 e. The molecule has 0 saturated heterocycles. The first-order valence-corrected chi connectivity index (χ1v) is 4.25. The number of isocyanates is 1. The van der Waals surface area contributed by atoms with Gasteiger partial charge < -0.3 is 0 Å². The standard InChI is InChI=1S/C11H8N2O/c1-8-6-11(12-7-14)9-4-2-3-5-10(9)13-8/h2-6H,1H3. The number of aryl methyl sites for hydroxylation is 1. The Morgan fingerprint density at radius 2 is 2.14 bits per heavy atom. The first kappa shape index (κ1) is 8.60. The average Bonchev–Trinajstić information content (AvgIpc) is 2.18. The van der Waals surface area contributed by atoms with Gasteiger partial charge in [0.25, 0.3) is 0 Å². The van der Waals surface area contributed by atoms with Gasteiger partial charge in [0.1, 0.15) is 0 Å². The minimum atomic E-state index is 0.628. The third-order valence-corrected chi connectivity index (χ3v) is 1.99. The van der Waals surface area contributed by atoms with Crippen LogP contribution in [0, 0.1) is 6.92 Å². The summed E-state index contributed by atoms with van der Waals surface area (Å²) in [4.78, 5) is 18.2. The molecule has 0 saturated carbocycles. The molecule has 14 heavy (non-hydrogen) atoms. The summed E-state index contributed by atoms with van der Waals surface area (Å²) < 4.78 is 0. The molecule has 1 heterocycles. The van der Waals surface area contributed by atoms with Crippen molar-refractivity contribution in [1.29, 1.82) is 0 Å². The van der Waals surface area contributed by atoms with Gasteiger partial charge in [-0.1, -0.05) is 18.2 Å². The Morgan fingerprint density at radius 3 is 2.93 bits per heavy atom. The highest BCUT2D eigenvalue weighted by atomic mass is 16.1. The van der Waals surface area contributed by atoms with Crippen LogP contribution in [0.25, 0.3) is 10.9 Å². The lowest BCUT2D eigenvalue weighted by Gasteiger charge is -2.00. The highest BCUT2D eigenvalue weighted by Crippen LogP contribution is 2.24. The van der Waals surface area contributed by atoms with Crippen LogP contribution in [0.4, 0.5) is 5.69 Å². The molecule has 2 rings (SSSR count). The highest BCUT2D eigenvalue weighted by molar-refractivity contribution is 5.90. The summed E-state index contributed by atoms with van der Waals surface area (Å²) in [5.74, 6) is 0. The van der Waals surface area contributed by atoms with E-state index in [-0.39, 0.29) is 0 Å². The van der Waals surface area contributed by atoms with Crippen LogP contribution in [0.3, 0.4) is 0 Å². The molecule has 0 unspecified atom stereocenters. The van der Waals surface area contributed by atoms with E-state index in [2.05, 4.69) is 9.98 Å². The Balaban J connectivity index is 2.86. The fourth-order valence-corrected chi connectivity index (χ4v) is 1.43. The van der Waals surface area contributed by atoms with Crippen LogP contribution in [-0.4, -0.2) is 11.1 Å². The number of para-hydroxylation sites is 1. The summed E-state index contributed by atoms with van der Waals surface area (Å²) in [6.07, 6.45) is 1.55. The van der Waals surface area contributed by atoms with Gasteiger partial charge in [0.15, 0.2) is 0 Å². The minimum Gasteiger partial charge on any atom is -0.253 e. The number of pyridine rings is 1. The summed E-state index contributed by atoms with van der Waals surface area (Å²) >= 11 is 0. The van der Waals surface area contributed by atoms with E-state index in [9.17, 15) is 4.79 Å². The monoisotopic (exact) mass is 184 g/mol. The number of fused-ring (bicyclic) bond motifs is 1. The van der Waals surface area contributed by atoms with Gasteiger partial charge in [-0.25, -0.2) is 4.79 Å². The van der Waals surface area contributed by atoms with E-state index in [1.54, 1.807) is 12.1 Å². The lowest BCUT2D eigenvalue weighted by molar-refractivity contribution is 0.565. The van der Waals surface area contributed by atoms with E-state index in [1.165, 1.54) is 0 Å². The predicted molar refractivity (Wildman–Crippen MR) is 54.3 cm³/mol. The second kappa shape index (κ2) is 3.40. The van der Waals surface area contributed by atoms with Crippen molar-refractivity contribution in [2.24, 2.45) is 4.99 Å². The van der Waals surface area contributed by atoms with Crippen LogP contribution in [0.1, 0.15) is 5.69 Å². The average molecular weight is 184 g/mol. The third-order valence-electron chi connectivity index (χ3n) is 1.99. The maximum atomic E-state index is 10.2. The lowest BCUT2D eigenvalue weighted by Crippen LogP contribution is -1.83. The number of nitrogens with zero attached hydrogens (tertiary/aromatic N) is 2. The fraction of sp³-hybridized carbons (Fsp3) is 0.0909. The van der Waals surface area contributed by atoms with Crippen LogP contribution < -0.4 is 0 Å². The van der Waals surface area contributed by atoms with Gasteiger partial charge in [0.05, 0.1) is 11.2 Å². The molecule has 1 aromatic carbocycles. The fourth-order valence-electron chi connectivity index (χ4n) is 1.43. The van der Waals surface area contributed by atoms with Crippen molar-refractivity contribution in [3.05, 3.63) is 36.0 Å². The SMILES string of the molecule is Cc1cc(N=C=O)c2ccccc2n1. The molecule has 68 valence electrons. The van der Waals surface area contributed by atoms with Crippen molar-refractivity contribution in [3.8, 4) is 0 Å². The van der Waals surface area contributed by atoms with Crippen molar-refractivity contribution < 1.29 is 4.79 Å². The summed E-state index contributed by atoms with van der Waals surface area (Å²) in [5.41, 5.74) is 2.32. The van der Waals surface area contributed by atoms with Crippen molar-refractivity contribution in [3.63, 3.8) is 0 Å². The number of rotatable bonds is 1. The van der Waals surface area contributed by atoms with Gasteiger partial charge in [-0.3, -0.25) is 4.98 Å². The topological polar surface area (TPSA) is 42.3 Å². The molecule has 0 aliphatic carbocycles. The van der Waals surface area contributed by atoms with E-state index in [0.717, 1.165) is 16.6 Å². The zero-order chi connectivity index (χ0) is 9.97. The molecular weight excluding hydrogens is 176 g/mol. The van der Waals surface area contributed by atoms with Crippen molar-refractivity contribution >= 4 is 22.7 Å². The van der Waals surface area contributed by atoms with Crippen molar-refractivity contribution in [2.45, 2.75) is 6.92 Å². The molecule has 0 atom stereocenters. The molecule has 0 aliphatic rings. The summed E-state index contributed by atoms with van der Waals surface area (Å²) in [6.45, 7) is 1.87. The summed E-state index contributed by atoms with van der Waals surface area (Å²) in [6, 6.07) is 9.35. The van der Waals surface area contributed by atoms with Crippen LogP contribution in [0.5, 0.6) is 0 Å². The molecule has 0 spiro atoms. The number of aliphatic imine (C=N–C) groups is 1. The quantitative estimate of drug-likeness (QED) is 0.504. The molecule has 3 heteroatoms. The van der Waals surface area contributed by atoms with Crippen LogP contribution in [-0.2, 0) is 4.79 Å². The zero-order valence-electron chi connectivity index (χ0n) is 7.69. The van der Waals surface area contributed by atoms with Gasteiger partial charge >= 0.3 is 0 Å². The van der Waals surface area contributed by atoms with Crippen molar-refractivity contribution in [1.82, 2.24) is 4.98 Å². The Bertz CT molecular complexity index is 528. The van der Waals surface area contributed by atoms with Crippen LogP contribution in [0.15, 0.2) is 35.3 Å². The Morgan fingerprint density at radius 1 is 1.36 bits per heavy atom. The summed E-state index contributed by atoms with van der Waals surface area (Å²) in [5, 5.41) is 0.876.